The highest BCUT2D eigenvalue weighted by Crippen LogP contribution is 2.25. The number of ether oxygens (including phenoxy) is 4. The van der Waals surface area contributed by atoms with Crippen LogP contribution in [0, 0.1) is 0 Å². The third-order valence-electron chi connectivity index (χ3n) is 5.40. The smallest absolute Gasteiger partial charge is 0.123 e. The zero-order valence-electron chi connectivity index (χ0n) is 19.5. The van der Waals surface area contributed by atoms with Gasteiger partial charge in [-0.05, 0) is 52.9 Å². The molecule has 0 aromatic heterocycles. The highest BCUT2D eigenvalue weighted by atomic mass is 16.5. The van der Waals surface area contributed by atoms with Crippen molar-refractivity contribution < 1.29 is 18.9 Å². The van der Waals surface area contributed by atoms with Gasteiger partial charge in [0.2, 0.25) is 0 Å². The molecule has 174 valence electrons. The molecule has 0 saturated heterocycles. The van der Waals surface area contributed by atoms with Gasteiger partial charge in [-0.15, -0.1) is 0 Å². The Bertz CT molecular complexity index is 1060. The van der Waals surface area contributed by atoms with Gasteiger partial charge in [0.05, 0.1) is 20.3 Å². The summed E-state index contributed by atoms with van der Waals surface area (Å²) >= 11 is 0. The number of methoxy groups -OCH3 is 1. The lowest BCUT2D eigenvalue weighted by Gasteiger charge is -2.13. The molecule has 0 aliphatic carbocycles. The lowest BCUT2D eigenvalue weighted by Crippen LogP contribution is -2.02. The van der Waals surface area contributed by atoms with Gasteiger partial charge in [-0.1, -0.05) is 72.8 Å². The summed E-state index contributed by atoms with van der Waals surface area (Å²) < 4.78 is 23.3. The number of benzene rings is 4. The molecule has 4 aromatic carbocycles. The van der Waals surface area contributed by atoms with Crippen molar-refractivity contribution in [3.05, 3.63) is 125 Å². The molecule has 0 amide bonds. The Morgan fingerprint density at radius 3 is 1.56 bits per heavy atom. The van der Waals surface area contributed by atoms with Crippen LogP contribution in [0.25, 0.3) is 0 Å². The molecule has 4 nitrogen and oxygen atoms in total. The summed E-state index contributed by atoms with van der Waals surface area (Å²) in [6.45, 7) is 2.19. The molecule has 0 fully saturated rings. The lowest BCUT2D eigenvalue weighted by molar-refractivity contribution is 0.123. The van der Waals surface area contributed by atoms with E-state index in [1.807, 2.05) is 66.7 Å². The van der Waals surface area contributed by atoms with Crippen LogP contribution in [0.5, 0.6) is 17.2 Å². The zero-order valence-corrected chi connectivity index (χ0v) is 19.5. The van der Waals surface area contributed by atoms with E-state index >= 15 is 0 Å². The first-order chi connectivity index (χ1) is 16.8. The monoisotopic (exact) mass is 454 g/mol. The number of rotatable bonds is 12. The van der Waals surface area contributed by atoms with Crippen molar-refractivity contribution >= 4 is 0 Å². The van der Waals surface area contributed by atoms with Gasteiger partial charge >= 0.3 is 0 Å². The molecule has 0 radical (unpaired) electrons. The fourth-order valence-corrected chi connectivity index (χ4v) is 3.53. The summed E-state index contributed by atoms with van der Waals surface area (Å²) in [5.41, 5.74) is 4.49. The first-order valence-electron chi connectivity index (χ1n) is 11.5. The minimum absolute atomic E-state index is 0.510. The second-order valence-corrected chi connectivity index (χ2v) is 8.01. The average molecular weight is 455 g/mol. The molecule has 4 aromatic rings. The highest BCUT2D eigenvalue weighted by Gasteiger charge is 2.06. The second kappa shape index (κ2) is 12.5. The Hall–Kier alpha value is -3.76. The van der Waals surface area contributed by atoms with Gasteiger partial charge in [0.1, 0.15) is 30.5 Å². The first-order valence-corrected chi connectivity index (χ1v) is 11.5. The lowest BCUT2D eigenvalue weighted by atomic mass is 10.1. The molecule has 0 bridgehead atoms. The van der Waals surface area contributed by atoms with Crippen LogP contribution in [0.1, 0.15) is 22.3 Å². The second-order valence-electron chi connectivity index (χ2n) is 8.01. The summed E-state index contributed by atoms with van der Waals surface area (Å²) in [5.74, 6) is 2.43. The standard InChI is InChI=1S/C30H30O4/c1-31-28-14-12-26(13-15-28)21-32-17-16-27-18-29(33-22-24-8-4-2-5-9-24)20-30(19-27)34-23-25-10-6-3-7-11-25/h2-15,18-20H,16-17,21-23H2,1H3. The topological polar surface area (TPSA) is 36.9 Å². The zero-order chi connectivity index (χ0) is 23.4. The Balaban J connectivity index is 1.37. The van der Waals surface area contributed by atoms with E-state index in [0.29, 0.717) is 26.4 Å². The molecule has 4 rings (SSSR count). The molecule has 0 heterocycles. The van der Waals surface area contributed by atoms with Gasteiger partial charge < -0.3 is 18.9 Å². The van der Waals surface area contributed by atoms with E-state index in [-0.39, 0.29) is 0 Å². The normalized spacial score (nSPS) is 10.6. The summed E-state index contributed by atoms with van der Waals surface area (Å²) in [6, 6.07) is 34.3. The van der Waals surface area contributed by atoms with Crippen LogP contribution in [-0.2, 0) is 31.0 Å². The number of hydrogen-bond donors (Lipinski definition) is 0. The van der Waals surface area contributed by atoms with E-state index in [4.69, 9.17) is 18.9 Å². The van der Waals surface area contributed by atoms with E-state index in [0.717, 1.165) is 45.9 Å². The summed E-state index contributed by atoms with van der Waals surface area (Å²) in [5, 5.41) is 0. The van der Waals surface area contributed by atoms with E-state index in [1.54, 1.807) is 7.11 Å². The summed E-state index contributed by atoms with van der Waals surface area (Å²) in [6.07, 6.45) is 0.764. The Labute approximate surface area is 201 Å². The molecule has 0 aliphatic rings. The highest BCUT2D eigenvalue weighted by molar-refractivity contribution is 5.39. The molecule has 4 heteroatoms. The minimum atomic E-state index is 0.510. The summed E-state index contributed by atoms with van der Waals surface area (Å²) in [4.78, 5) is 0. The van der Waals surface area contributed by atoms with E-state index in [1.165, 1.54) is 0 Å². The van der Waals surface area contributed by atoms with Crippen molar-refractivity contribution in [3.63, 3.8) is 0 Å². The molecule has 34 heavy (non-hydrogen) atoms. The average Bonchev–Trinajstić information content (AvgIpc) is 2.90. The minimum Gasteiger partial charge on any atom is -0.497 e. The predicted molar refractivity (Wildman–Crippen MR) is 134 cm³/mol. The van der Waals surface area contributed by atoms with Gasteiger partial charge in [0, 0.05) is 6.07 Å². The van der Waals surface area contributed by atoms with Gasteiger partial charge in [-0.3, -0.25) is 0 Å². The fraction of sp³-hybridized carbons (Fsp3) is 0.200. The maximum Gasteiger partial charge on any atom is 0.123 e. The first kappa shape index (κ1) is 23.4. The summed E-state index contributed by atoms with van der Waals surface area (Å²) in [7, 11) is 1.67. The largest absolute Gasteiger partial charge is 0.497 e. The van der Waals surface area contributed by atoms with Crippen molar-refractivity contribution in [2.75, 3.05) is 13.7 Å². The van der Waals surface area contributed by atoms with Crippen molar-refractivity contribution in [3.8, 4) is 17.2 Å². The van der Waals surface area contributed by atoms with Gasteiger partial charge in [0.15, 0.2) is 0 Å². The van der Waals surface area contributed by atoms with Crippen LogP contribution in [0.3, 0.4) is 0 Å². The Kier molecular flexibility index (Phi) is 8.58. The predicted octanol–water partition coefficient (Wildman–Crippen LogP) is 6.61. The van der Waals surface area contributed by atoms with Crippen molar-refractivity contribution in [2.45, 2.75) is 26.2 Å². The molecular formula is C30H30O4. The van der Waals surface area contributed by atoms with E-state index in [2.05, 4.69) is 36.4 Å². The number of hydrogen-bond acceptors (Lipinski definition) is 4. The Morgan fingerprint density at radius 1 is 0.500 bits per heavy atom. The van der Waals surface area contributed by atoms with Crippen molar-refractivity contribution in [1.29, 1.82) is 0 Å². The van der Waals surface area contributed by atoms with Crippen LogP contribution in [0.2, 0.25) is 0 Å². The molecule has 0 unspecified atom stereocenters. The molecule has 0 N–H and O–H groups in total. The van der Waals surface area contributed by atoms with Crippen LogP contribution in [0.4, 0.5) is 0 Å². The van der Waals surface area contributed by atoms with Crippen LogP contribution < -0.4 is 14.2 Å². The van der Waals surface area contributed by atoms with E-state index < -0.39 is 0 Å². The molecule has 0 aliphatic heterocycles. The Morgan fingerprint density at radius 2 is 1.03 bits per heavy atom. The van der Waals surface area contributed by atoms with Gasteiger partial charge in [-0.2, -0.15) is 0 Å². The third-order valence-corrected chi connectivity index (χ3v) is 5.40. The molecular weight excluding hydrogens is 424 g/mol. The quantitative estimate of drug-likeness (QED) is 0.226. The van der Waals surface area contributed by atoms with Crippen LogP contribution in [-0.4, -0.2) is 13.7 Å². The maximum atomic E-state index is 6.09. The van der Waals surface area contributed by atoms with Gasteiger partial charge in [-0.25, -0.2) is 0 Å². The third kappa shape index (κ3) is 7.39. The molecule has 0 atom stereocenters. The fourth-order valence-electron chi connectivity index (χ4n) is 3.53. The van der Waals surface area contributed by atoms with Gasteiger partial charge in [0.25, 0.3) is 0 Å². The molecule has 0 saturated carbocycles. The van der Waals surface area contributed by atoms with Crippen LogP contribution in [0.15, 0.2) is 103 Å². The molecule has 0 spiro atoms. The SMILES string of the molecule is COc1ccc(COCCc2cc(OCc3ccccc3)cc(OCc3ccccc3)c2)cc1. The van der Waals surface area contributed by atoms with Crippen LogP contribution >= 0.6 is 0 Å². The van der Waals surface area contributed by atoms with Crippen molar-refractivity contribution in [1.82, 2.24) is 0 Å². The van der Waals surface area contributed by atoms with Crippen molar-refractivity contribution in [2.24, 2.45) is 0 Å². The van der Waals surface area contributed by atoms with E-state index in [9.17, 15) is 0 Å². The maximum absolute atomic E-state index is 6.09.